The van der Waals surface area contributed by atoms with Gasteiger partial charge in [-0.25, -0.2) is 13.4 Å². The fraction of sp³-hybridized carbons (Fsp3) is 0.450. The zero-order chi connectivity index (χ0) is 21.1. The van der Waals surface area contributed by atoms with Gasteiger partial charge in [-0.2, -0.15) is 4.31 Å². The Morgan fingerprint density at radius 1 is 1.07 bits per heavy atom. The van der Waals surface area contributed by atoms with Gasteiger partial charge in [0.05, 0.1) is 10.6 Å². The van der Waals surface area contributed by atoms with Gasteiger partial charge < -0.3 is 10.2 Å². The number of aromatic nitrogens is 1. The Balaban J connectivity index is 1.22. The number of anilines is 1. The molecule has 1 saturated heterocycles. The molecule has 0 atom stereocenters. The fourth-order valence-electron chi connectivity index (χ4n) is 3.39. The number of carbonyl (C=O) groups is 2. The Bertz CT molecular complexity index is 1010. The quantitative estimate of drug-likeness (QED) is 0.700. The van der Waals surface area contributed by atoms with Gasteiger partial charge in [0.1, 0.15) is 0 Å². The zero-order valence-corrected chi connectivity index (χ0v) is 18.1. The van der Waals surface area contributed by atoms with E-state index >= 15 is 0 Å². The predicted octanol–water partition coefficient (Wildman–Crippen LogP) is 2.27. The van der Waals surface area contributed by atoms with Crippen molar-refractivity contribution >= 4 is 38.3 Å². The van der Waals surface area contributed by atoms with Crippen molar-refractivity contribution in [2.45, 2.75) is 36.5 Å². The van der Waals surface area contributed by atoms with Crippen molar-refractivity contribution in [3.8, 4) is 0 Å². The first kappa shape index (κ1) is 21.0. The van der Waals surface area contributed by atoms with Crippen LogP contribution in [-0.4, -0.2) is 60.6 Å². The molecule has 1 N–H and O–H groups in total. The number of nitrogens with one attached hydrogen (secondary N) is 1. The molecule has 4 rings (SSSR count). The molecule has 2 fully saturated rings. The second-order valence-corrected chi connectivity index (χ2v) is 10.3. The number of piperazine rings is 1. The van der Waals surface area contributed by atoms with Crippen LogP contribution < -0.4 is 5.32 Å². The number of hydrogen-bond acceptors (Lipinski definition) is 6. The van der Waals surface area contributed by atoms with E-state index in [9.17, 15) is 18.0 Å². The molecule has 8 nitrogen and oxygen atoms in total. The van der Waals surface area contributed by atoms with E-state index in [2.05, 4.69) is 10.3 Å². The standard InChI is InChI=1S/C20H24N4O4S2/c25-18(22-20-21-17(14-29-20)15-6-7-15)8-9-19(26)23-10-12-24(13-11-23)30(27,28)16-4-2-1-3-5-16/h1-5,14-15H,6-13H2,(H,21,22,25). The Kier molecular flexibility index (Phi) is 6.16. The molecule has 2 amide bonds. The van der Waals surface area contributed by atoms with Crippen molar-refractivity contribution in [3.63, 3.8) is 0 Å². The minimum Gasteiger partial charge on any atom is -0.340 e. The molecule has 0 spiro atoms. The minimum absolute atomic E-state index is 0.0830. The monoisotopic (exact) mass is 448 g/mol. The van der Waals surface area contributed by atoms with Crippen molar-refractivity contribution in [2.75, 3.05) is 31.5 Å². The molecule has 2 heterocycles. The van der Waals surface area contributed by atoms with Crippen LogP contribution in [0.4, 0.5) is 5.13 Å². The summed E-state index contributed by atoms with van der Waals surface area (Å²) in [5.74, 6) is 0.169. The largest absolute Gasteiger partial charge is 0.340 e. The summed E-state index contributed by atoms with van der Waals surface area (Å²) >= 11 is 1.41. The van der Waals surface area contributed by atoms with Gasteiger partial charge in [-0.05, 0) is 25.0 Å². The highest BCUT2D eigenvalue weighted by Gasteiger charge is 2.30. The van der Waals surface area contributed by atoms with E-state index in [1.165, 1.54) is 15.6 Å². The Morgan fingerprint density at radius 3 is 2.43 bits per heavy atom. The van der Waals surface area contributed by atoms with Crippen molar-refractivity contribution in [1.82, 2.24) is 14.2 Å². The lowest BCUT2D eigenvalue weighted by atomic mass is 10.2. The number of benzene rings is 1. The lowest BCUT2D eigenvalue weighted by Gasteiger charge is -2.34. The number of nitrogens with zero attached hydrogens (tertiary/aromatic N) is 3. The van der Waals surface area contributed by atoms with Gasteiger partial charge >= 0.3 is 0 Å². The Morgan fingerprint density at radius 2 is 1.77 bits per heavy atom. The third-order valence-electron chi connectivity index (χ3n) is 5.30. The topological polar surface area (TPSA) is 99.7 Å². The Hall–Kier alpha value is -2.30. The second kappa shape index (κ2) is 8.83. The van der Waals surface area contributed by atoms with Crippen LogP contribution in [0, 0.1) is 0 Å². The van der Waals surface area contributed by atoms with E-state index in [1.807, 2.05) is 5.38 Å². The average molecular weight is 449 g/mol. The van der Waals surface area contributed by atoms with Gasteiger partial charge in [0.25, 0.3) is 0 Å². The van der Waals surface area contributed by atoms with Crippen LogP contribution in [0.5, 0.6) is 0 Å². The van der Waals surface area contributed by atoms with E-state index in [-0.39, 0.29) is 42.6 Å². The van der Waals surface area contributed by atoms with Crippen LogP contribution in [0.25, 0.3) is 0 Å². The first-order valence-electron chi connectivity index (χ1n) is 10.0. The summed E-state index contributed by atoms with van der Waals surface area (Å²) in [6, 6.07) is 8.29. The smallest absolute Gasteiger partial charge is 0.243 e. The van der Waals surface area contributed by atoms with Crippen molar-refractivity contribution < 1.29 is 18.0 Å². The van der Waals surface area contributed by atoms with E-state index in [0.717, 1.165) is 18.5 Å². The molecule has 0 bridgehead atoms. The fourth-order valence-corrected chi connectivity index (χ4v) is 5.64. The number of carbonyl (C=O) groups excluding carboxylic acids is 2. The molecule has 1 aliphatic heterocycles. The van der Waals surface area contributed by atoms with Crippen LogP contribution in [0.3, 0.4) is 0 Å². The number of hydrogen-bond donors (Lipinski definition) is 1. The summed E-state index contributed by atoms with van der Waals surface area (Å²) in [6.45, 7) is 1.14. The van der Waals surface area contributed by atoms with E-state index < -0.39 is 10.0 Å². The first-order chi connectivity index (χ1) is 14.4. The summed E-state index contributed by atoms with van der Waals surface area (Å²) in [7, 11) is -3.55. The van der Waals surface area contributed by atoms with Crippen LogP contribution in [0.1, 0.15) is 37.3 Å². The molecule has 0 radical (unpaired) electrons. The third-order valence-corrected chi connectivity index (χ3v) is 7.99. The average Bonchev–Trinajstić information content (AvgIpc) is 3.52. The van der Waals surface area contributed by atoms with Gasteiger partial charge in [-0.15, -0.1) is 11.3 Å². The van der Waals surface area contributed by atoms with Gasteiger partial charge in [0.15, 0.2) is 5.13 Å². The molecule has 10 heteroatoms. The normalized spacial score (nSPS) is 17.7. The maximum atomic E-state index is 12.7. The molecule has 1 aromatic carbocycles. The number of amides is 2. The molecule has 30 heavy (non-hydrogen) atoms. The van der Waals surface area contributed by atoms with Crippen LogP contribution in [0.2, 0.25) is 0 Å². The van der Waals surface area contributed by atoms with Gasteiger partial charge in [0, 0.05) is 50.3 Å². The first-order valence-corrected chi connectivity index (χ1v) is 12.3. The summed E-state index contributed by atoms with van der Waals surface area (Å²) in [6.07, 6.45) is 2.49. The summed E-state index contributed by atoms with van der Waals surface area (Å²) < 4.78 is 26.7. The van der Waals surface area contributed by atoms with E-state index in [0.29, 0.717) is 24.1 Å². The number of thiazole rings is 1. The molecule has 2 aliphatic rings. The minimum atomic E-state index is -3.55. The highest BCUT2D eigenvalue weighted by molar-refractivity contribution is 7.89. The predicted molar refractivity (Wildman–Crippen MR) is 114 cm³/mol. The summed E-state index contributed by atoms with van der Waals surface area (Å²) in [5, 5.41) is 5.31. The molecule has 160 valence electrons. The van der Waals surface area contributed by atoms with Gasteiger partial charge in [-0.1, -0.05) is 18.2 Å². The van der Waals surface area contributed by atoms with Crippen molar-refractivity contribution in [3.05, 3.63) is 41.4 Å². The second-order valence-electron chi connectivity index (χ2n) is 7.50. The van der Waals surface area contributed by atoms with E-state index in [1.54, 1.807) is 35.2 Å². The molecular weight excluding hydrogens is 424 g/mol. The molecule has 2 aromatic rings. The van der Waals surface area contributed by atoms with Crippen LogP contribution in [0.15, 0.2) is 40.6 Å². The maximum Gasteiger partial charge on any atom is 0.243 e. The molecule has 0 unspecified atom stereocenters. The van der Waals surface area contributed by atoms with Gasteiger partial charge in [0.2, 0.25) is 21.8 Å². The van der Waals surface area contributed by atoms with Gasteiger partial charge in [-0.3, -0.25) is 9.59 Å². The highest BCUT2D eigenvalue weighted by Crippen LogP contribution is 2.40. The van der Waals surface area contributed by atoms with E-state index in [4.69, 9.17) is 0 Å². The Labute approximate surface area is 180 Å². The molecule has 1 saturated carbocycles. The third kappa shape index (κ3) is 4.88. The van der Waals surface area contributed by atoms with Crippen LogP contribution in [-0.2, 0) is 19.6 Å². The lowest BCUT2D eigenvalue weighted by molar-refractivity contribution is -0.133. The highest BCUT2D eigenvalue weighted by atomic mass is 32.2. The van der Waals surface area contributed by atoms with Crippen molar-refractivity contribution in [1.29, 1.82) is 0 Å². The number of sulfonamides is 1. The summed E-state index contributed by atoms with van der Waals surface area (Å²) in [4.78, 5) is 30.9. The molecule has 1 aliphatic carbocycles. The number of rotatable bonds is 7. The lowest BCUT2D eigenvalue weighted by Crippen LogP contribution is -2.50. The van der Waals surface area contributed by atoms with Crippen LogP contribution >= 0.6 is 11.3 Å². The van der Waals surface area contributed by atoms with Crippen molar-refractivity contribution in [2.24, 2.45) is 0 Å². The molecular formula is C20H24N4O4S2. The molecule has 1 aromatic heterocycles. The maximum absolute atomic E-state index is 12.7. The zero-order valence-electron chi connectivity index (χ0n) is 16.5. The SMILES string of the molecule is O=C(CCC(=O)N1CCN(S(=O)(=O)c2ccccc2)CC1)Nc1nc(C2CC2)cs1. The summed E-state index contributed by atoms with van der Waals surface area (Å²) in [5.41, 5.74) is 1.04.